The summed E-state index contributed by atoms with van der Waals surface area (Å²) in [6.45, 7) is 5.71. The number of ether oxygens (including phenoxy) is 1. The molecule has 0 saturated carbocycles. The van der Waals surface area contributed by atoms with Crippen molar-refractivity contribution in [3.63, 3.8) is 0 Å². The van der Waals surface area contributed by atoms with Gasteiger partial charge in [-0.25, -0.2) is 4.98 Å². The third-order valence-electron chi connectivity index (χ3n) is 2.77. The van der Waals surface area contributed by atoms with Crippen molar-refractivity contribution in [3.05, 3.63) is 17.3 Å². The molecule has 4 nitrogen and oxygen atoms in total. The fourth-order valence-electron chi connectivity index (χ4n) is 1.82. The van der Waals surface area contributed by atoms with Crippen molar-refractivity contribution < 1.29 is 4.74 Å². The van der Waals surface area contributed by atoms with Gasteiger partial charge in [-0.05, 0) is 13.8 Å². The maximum absolute atomic E-state index is 5.85. The van der Waals surface area contributed by atoms with E-state index in [0.29, 0.717) is 23.4 Å². The topological polar surface area (TPSA) is 51.4 Å². The molecule has 1 aliphatic heterocycles. The van der Waals surface area contributed by atoms with E-state index in [1.165, 1.54) is 0 Å². The van der Waals surface area contributed by atoms with Gasteiger partial charge in [0, 0.05) is 18.8 Å². The van der Waals surface area contributed by atoms with Gasteiger partial charge in [0.1, 0.15) is 5.82 Å². The molecule has 16 heavy (non-hydrogen) atoms. The van der Waals surface area contributed by atoms with Crippen LogP contribution >= 0.6 is 11.6 Å². The molecule has 1 fully saturated rings. The van der Waals surface area contributed by atoms with Gasteiger partial charge in [0.2, 0.25) is 0 Å². The van der Waals surface area contributed by atoms with Gasteiger partial charge in [0.25, 0.3) is 0 Å². The van der Waals surface area contributed by atoms with Gasteiger partial charge in [-0.2, -0.15) is 0 Å². The molecule has 2 heterocycles. The molecule has 0 spiro atoms. The summed E-state index contributed by atoms with van der Waals surface area (Å²) >= 11 is 5.85. The largest absolute Gasteiger partial charge is 0.397 e. The quantitative estimate of drug-likeness (QED) is 0.816. The molecular weight excluding hydrogens is 226 g/mol. The second kappa shape index (κ2) is 4.47. The summed E-state index contributed by atoms with van der Waals surface area (Å²) in [6, 6.07) is 2.13. The lowest BCUT2D eigenvalue weighted by Crippen LogP contribution is -2.47. The van der Waals surface area contributed by atoms with Gasteiger partial charge >= 0.3 is 0 Å². The summed E-state index contributed by atoms with van der Waals surface area (Å²) in [4.78, 5) is 6.50. The van der Waals surface area contributed by atoms with Crippen LogP contribution in [0.25, 0.3) is 0 Å². The maximum atomic E-state index is 5.85. The van der Waals surface area contributed by atoms with E-state index in [-0.39, 0.29) is 6.10 Å². The Kier molecular flexibility index (Phi) is 3.21. The van der Waals surface area contributed by atoms with E-state index in [9.17, 15) is 0 Å². The molecule has 88 valence electrons. The maximum Gasteiger partial charge on any atom is 0.131 e. The van der Waals surface area contributed by atoms with Gasteiger partial charge in [-0.1, -0.05) is 11.6 Å². The zero-order chi connectivity index (χ0) is 11.7. The number of anilines is 2. The lowest BCUT2D eigenvalue weighted by atomic mass is 10.2. The van der Waals surface area contributed by atoms with Gasteiger partial charge in [0.05, 0.1) is 29.5 Å². The van der Waals surface area contributed by atoms with Gasteiger partial charge in [-0.15, -0.1) is 0 Å². The first kappa shape index (κ1) is 11.5. The molecule has 0 unspecified atom stereocenters. The smallest absolute Gasteiger partial charge is 0.131 e. The van der Waals surface area contributed by atoms with Crippen LogP contribution in [-0.2, 0) is 4.74 Å². The Morgan fingerprint density at radius 2 is 2.31 bits per heavy atom. The molecule has 1 aromatic rings. The number of rotatable bonds is 1. The summed E-state index contributed by atoms with van der Waals surface area (Å²) in [7, 11) is 0. The van der Waals surface area contributed by atoms with Crippen molar-refractivity contribution in [2.45, 2.75) is 26.0 Å². The molecule has 5 heteroatoms. The third kappa shape index (κ3) is 2.23. The second-order valence-corrected chi connectivity index (χ2v) is 4.62. The van der Waals surface area contributed by atoms with E-state index in [4.69, 9.17) is 22.1 Å². The minimum Gasteiger partial charge on any atom is -0.397 e. The predicted octanol–water partition coefficient (Wildman–Crippen LogP) is 1.93. The first-order valence-electron chi connectivity index (χ1n) is 5.37. The monoisotopic (exact) mass is 241 g/mol. The number of hydrogen-bond acceptors (Lipinski definition) is 4. The fourth-order valence-corrected chi connectivity index (χ4v) is 1.93. The van der Waals surface area contributed by atoms with Gasteiger partial charge < -0.3 is 15.4 Å². The van der Waals surface area contributed by atoms with Gasteiger partial charge in [-0.3, -0.25) is 0 Å². The Hall–Kier alpha value is -1.00. The van der Waals surface area contributed by atoms with Crippen molar-refractivity contribution in [2.24, 2.45) is 0 Å². The van der Waals surface area contributed by atoms with E-state index in [0.717, 1.165) is 12.4 Å². The Balaban J connectivity index is 2.24. The highest BCUT2D eigenvalue weighted by atomic mass is 35.5. The van der Waals surface area contributed by atoms with E-state index in [2.05, 4.69) is 23.7 Å². The molecule has 0 amide bonds. The SMILES string of the molecule is C[C@@H]1CN(c2cc(N)c(Cl)cn2)[C@H](C)CO1. The van der Waals surface area contributed by atoms with Crippen LogP contribution in [0.2, 0.25) is 5.02 Å². The standard InChI is InChI=1S/C11H16ClN3O/c1-7-6-16-8(2)5-15(7)11-3-10(13)9(12)4-14-11/h3-4,7-8H,5-6H2,1-2H3,(H2,13,14)/t7-,8-/m1/s1. The summed E-state index contributed by atoms with van der Waals surface area (Å²) in [5.74, 6) is 0.865. The normalized spacial score (nSPS) is 25.8. The number of hydrogen-bond donors (Lipinski definition) is 1. The lowest BCUT2D eigenvalue weighted by Gasteiger charge is -2.37. The minimum atomic E-state index is 0.218. The van der Waals surface area contributed by atoms with E-state index < -0.39 is 0 Å². The summed E-state index contributed by atoms with van der Waals surface area (Å²) in [5.41, 5.74) is 6.35. The summed E-state index contributed by atoms with van der Waals surface area (Å²) < 4.78 is 5.57. The van der Waals surface area contributed by atoms with E-state index in [1.807, 2.05) is 6.07 Å². The number of halogens is 1. The molecule has 0 aliphatic carbocycles. The zero-order valence-corrected chi connectivity index (χ0v) is 10.2. The first-order chi connectivity index (χ1) is 7.58. The average molecular weight is 242 g/mol. The number of pyridine rings is 1. The number of morpholine rings is 1. The molecule has 1 aliphatic rings. The van der Waals surface area contributed by atoms with Crippen LogP contribution in [0.3, 0.4) is 0 Å². The van der Waals surface area contributed by atoms with Gasteiger partial charge in [0.15, 0.2) is 0 Å². The van der Waals surface area contributed by atoms with Crippen molar-refractivity contribution in [1.82, 2.24) is 4.98 Å². The third-order valence-corrected chi connectivity index (χ3v) is 3.09. The van der Waals surface area contributed by atoms with Crippen molar-refractivity contribution in [2.75, 3.05) is 23.8 Å². The highest BCUT2D eigenvalue weighted by Crippen LogP contribution is 2.25. The Bertz CT molecular complexity index is 385. The van der Waals surface area contributed by atoms with Crippen LogP contribution in [0.1, 0.15) is 13.8 Å². The number of aromatic nitrogens is 1. The van der Waals surface area contributed by atoms with E-state index >= 15 is 0 Å². The summed E-state index contributed by atoms with van der Waals surface area (Å²) in [5, 5.41) is 0.498. The first-order valence-corrected chi connectivity index (χ1v) is 5.75. The Labute approximate surface area is 100 Å². The van der Waals surface area contributed by atoms with Crippen LogP contribution in [0.15, 0.2) is 12.3 Å². The second-order valence-electron chi connectivity index (χ2n) is 4.21. The molecule has 0 aromatic carbocycles. The highest BCUT2D eigenvalue weighted by Gasteiger charge is 2.24. The Morgan fingerprint density at radius 1 is 1.56 bits per heavy atom. The minimum absolute atomic E-state index is 0.218. The van der Waals surface area contributed by atoms with Crippen molar-refractivity contribution >= 4 is 23.1 Å². The van der Waals surface area contributed by atoms with Crippen LogP contribution in [0.4, 0.5) is 11.5 Å². The van der Waals surface area contributed by atoms with Crippen molar-refractivity contribution in [1.29, 1.82) is 0 Å². The number of nitrogens with two attached hydrogens (primary N) is 1. The lowest BCUT2D eigenvalue weighted by molar-refractivity contribution is 0.0340. The van der Waals surface area contributed by atoms with Crippen LogP contribution < -0.4 is 10.6 Å². The number of nitrogens with zero attached hydrogens (tertiary/aromatic N) is 2. The number of nitrogen functional groups attached to an aromatic ring is 1. The van der Waals surface area contributed by atoms with Crippen LogP contribution in [0, 0.1) is 0 Å². The average Bonchev–Trinajstić information content (AvgIpc) is 2.26. The zero-order valence-electron chi connectivity index (χ0n) is 9.48. The van der Waals surface area contributed by atoms with Crippen LogP contribution in [0.5, 0.6) is 0 Å². The summed E-state index contributed by atoms with van der Waals surface area (Å²) in [6.07, 6.45) is 1.81. The molecule has 1 saturated heterocycles. The fraction of sp³-hybridized carbons (Fsp3) is 0.545. The molecule has 2 rings (SSSR count). The molecule has 0 bridgehead atoms. The van der Waals surface area contributed by atoms with Crippen molar-refractivity contribution in [3.8, 4) is 0 Å². The van der Waals surface area contributed by atoms with E-state index in [1.54, 1.807) is 6.20 Å². The molecular formula is C11H16ClN3O. The van der Waals surface area contributed by atoms with Crippen LogP contribution in [-0.4, -0.2) is 30.3 Å². The molecule has 0 radical (unpaired) electrons. The highest BCUT2D eigenvalue weighted by molar-refractivity contribution is 6.32. The Morgan fingerprint density at radius 3 is 3.00 bits per heavy atom. The molecule has 2 atom stereocenters. The molecule has 1 aromatic heterocycles. The molecule has 2 N–H and O–H groups in total. The predicted molar refractivity (Wildman–Crippen MR) is 65.9 cm³/mol.